The molecule has 1 aromatic heterocycles. The topological polar surface area (TPSA) is 89.8 Å². The highest BCUT2D eigenvalue weighted by Gasteiger charge is 2.37. The molecule has 7 nitrogen and oxygen atoms in total. The van der Waals surface area contributed by atoms with Crippen LogP contribution in [-0.4, -0.2) is 20.0 Å². The van der Waals surface area contributed by atoms with Gasteiger partial charge in [0.05, 0.1) is 42.6 Å². The molecule has 7 heteroatoms. The van der Waals surface area contributed by atoms with E-state index in [1.807, 2.05) is 54.6 Å². The van der Waals surface area contributed by atoms with Crippen LogP contribution >= 0.6 is 0 Å². The fourth-order valence-corrected chi connectivity index (χ4v) is 5.36. The lowest BCUT2D eigenvalue weighted by Crippen LogP contribution is -2.29. The lowest BCUT2D eigenvalue weighted by molar-refractivity contribution is -0.116. The van der Waals surface area contributed by atoms with Crippen LogP contribution in [-0.2, 0) is 4.79 Å². The van der Waals surface area contributed by atoms with E-state index >= 15 is 0 Å². The first-order valence-corrected chi connectivity index (χ1v) is 12.2. The van der Waals surface area contributed by atoms with Gasteiger partial charge in [-0.25, -0.2) is 0 Å². The molecule has 0 unspecified atom stereocenters. The van der Waals surface area contributed by atoms with E-state index in [9.17, 15) is 9.59 Å². The Hall–Kier alpha value is -4.52. The maximum Gasteiger partial charge on any atom is 0.198 e. The molecule has 3 aromatic carbocycles. The number of hydrogen-bond donors (Lipinski definition) is 2. The third-order valence-electron chi connectivity index (χ3n) is 7.21. The molecule has 6 rings (SSSR count). The number of ether oxygens (including phenoxy) is 2. The van der Waals surface area contributed by atoms with Crippen molar-refractivity contribution in [2.24, 2.45) is 0 Å². The van der Waals surface area contributed by atoms with E-state index in [1.165, 1.54) is 6.26 Å². The minimum atomic E-state index is -0.647. The molecule has 2 atom stereocenters. The van der Waals surface area contributed by atoms with Gasteiger partial charge in [0.1, 0.15) is 11.8 Å². The number of nitrogens with one attached hydrogen (secondary N) is 2. The highest BCUT2D eigenvalue weighted by Crippen LogP contribution is 2.45. The number of carbonyl (C=O) groups is 1. The zero-order valence-electron chi connectivity index (χ0n) is 20.5. The Morgan fingerprint density at radius 3 is 2.43 bits per heavy atom. The number of Topliss-reactive ketones (excluding diaryl/α,β-unsaturated/α-hetero) is 1. The van der Waals surface area contributed by atoms with Crippen LogP contribution in [0.4, 0.5) is 11.4 Å². The van der Waals surface area contributed by atoms with Crippen molar-refractivity contribution in [1.29, 1.82) is 0 Å². The second-order valence-corrected chi connectivity index (χ2v) is 9.30. The van der Waals surface area contributed by atoms with Gasteiger partial charge >= 0.3 is 0 Å². The molecule has 4 aromatic rings. The van der Waals surface area contributed by atoms with Gasteiger partial charge in [-0.15, -0.1) is 0 Å². The molecule has 0 fully saturated rings. The van der Waals surface area contributed by atoms with Gasteiger partial charge in [0.15, 0.2) is 22.7 Å². The molecule has 2 heterocycles. The number of para-hydroxylation sites is 3. The number of allylic oxidation sites excluding steroid dienone is 1. The zero-order chi connectivity index (χ0) is 25.5. The van der Waals surface area contributed by atoms with Gasteiger partial charge in [-0.05, 0) is 54.3 Å². The molecular formula is C30H26N2O5. The predicted molar refractivity (Wildman–Crippen MR) is 142 cm³/mol. The SMILES string of the molecule is COc1ccc([C@@H]2CC(=O)C3=C(C2)Nc2ccccc2N[C@@H]3c2coc3ccccc3c2=O)cc1OC. The Morgan fingerprint density at radius 2 is 1.62 bits per heavy atom. The number of benzene rings is 3. The van der Waals surface area contributed by atoms with Crippen molar-refractivity contribution in [3.8, 4) is 11.5 Å². The van der Waals surface area contributed by atoms with E-state index in [2.05, 4.69) is 10.6 Å². The standard InChI is InChI=1S/C30H26N2O5/c1-35-26-12-11-17(15-27(26)36-2)18-13-23-28(24(33)14-18)29(32-22-9-5-4-8-21(22)31-23)20-16-37-25-10-6-3-7-19(25)30(20)34/h3-12,15-16,18,29,31-32H,13-14H2,1-2H3/t18-,29+/m0/s1. The van der Waals surface area contributed by atoms with Crippen molar-refractivity contribution in [3.05, 3.63) is 106 Å². The van der Waals surface area contributed by atoms with E-state index in [-0.39, 0.29) is 17.1 Å². The van der Waals surface area contributed by atoms with E-state index in [4.69, 9.17) is 13.9 Å². The number of fused-ring (bicyclic) bond motifs is 2. The molecule has 0 spiro atoms. The first-order valence-electron chi connectivity index (χ1n) is 12.2. The molecule has 2 aliphatic rings. The average molecular weight is 495 g/mol. The van der Waals surface area contributed by atoms with Crippen LogP contribution in [0.2, 0.25) is 0 Å². The van der Waals surface area contributed by atoms with E-state index in [0.29, 0.717) is 46.4 Å². The van der Waals surface area contributed by atoms with Crippen LogP contribution in [0.5, 0.6) is 11.5 Å². The first-order chi connectivity index (χ1) is 18.1. The Morgan fingerprint density at radius 1 is 0.865 bits per heavy atom. The van der Waals surface area contributed by atoms with Crippen LogP contribution in [0.1, 0.15) is 35.9 Å². The number of rotatable bonds is 4. The summed E-state index contributed by atoms with van der Waals surface area (Å²) >= 11 is 0. The first kappa shape index (κ1) is 22.9. The molecular weight excluding hydrogens is 468 g/mol. The second kappa shape index (κ2) is 9.17. The van der Waals surface area contributed by atoms with Gasteiger partial charge in [0.25, 0.3) is 0 Å². The van der Waals surface area contributed by atoms with Gasteiger partial charge in [-0.3, -0.25) is 9.59 Å². The Kier molecular flexibility index (Phi) is 5.68. The van der Waals surface area contributed by atoms with Gasteiger partial charge in [-0.2, -0.15) is 0 Å². The molecule has 1 aliphatic heterocycles. The highest BCUT2D eigenvalue weighted by atomic mass is 16.5. The Bertz CT molecular complexity index is 1620. The molecule has 0 radical (unpaired) electrons. The average Bonchev–Trinajstić information content (AvgIpc) is 3.10. The van der Waals surface area contributed by atoms with Crippen molar-refractivity contribution in [1.82, 2.24) is 0 Å². The van der Waals surface area contributed by atoms with E-state index < -0.39 is 6.04 Å². The van der Waals surface area contributed by atoms with Crippen molar-refractivity contribution in [3.63, 3.8) is 0 Å². The summed E-state index contributed by atoms with van der Waals surface area (Å²) in [6.45, 7) is 0. The van der Waals surface area contributed by atoms with Gasteiger partial charge in [-0.1, -0.05) is 30.3 Å². The minimum Gasteiger partial charge on any atom is -0.493 e. The van der Waals surface area contributed by atoms with Crippen molar-refractivity contribution in [2.75, 3.05) is 24.9 Å². The number of methoxy groups -OCH3 is 2. The van der Waals surface area contributed by atoms with Gasteiger partial charge < -0.3 is 24.5 Å². The van der Waals surface area contributed by atoms with E-state index in [1.54, 1.807) is 26.4 Å². The minimum absolute atomic E-state index is 0.0219. The Labute approximate surface area is 213 Å². The third-order valence-corrected chi connectivity index (χ3v) is 7.21. The third kappa shape index (κ3) is 3.93. The lowest BCUT2D eigenvalue weighted by Gasteiger charge is -2.29. The number of ketones is 1. The summed E-state index contributed by atoms with van der Waals surface area (Å²) in [5, 5.41) is 7.45. The van der Waals surface area contributed by atoms with Gasteiger partial charge in [0, 0.05) is 17.7 Å². The maximum atomic E-state index is 13.8. The van der Waals surface area contributed by atoms with Crippen molar-refractivity contribution >= 4 is 28.1 Å². The molecule has 1 aliphatic carbocycles. The predicted octanol–water partition coefficient (Wildman–Crippen LogP) is 5.79. The summed E-state index contributed by atoms with van der Waals surface area (Å²) < 4.78 is 16.7. The summed E-state index contributed by atoms with van der Waals surface area (Å²) in [4.78, 5) is 27.4. The molecule has 2 N–H and O–H groups in total. The number of hydrogen-bond acceptors (Lipinski definition) is 7. The fourth-order valence-electron chi connectivity index (χ4n) is 5.36. The monoisotopic (exact) mass is 494 g/mol. The molecule has 0 bridgehead atoms. The Balaban J connectivity index is 1.48. The number of anilines is 2. The summed E-state index contributed by atoms with van der Waals surface area (Å²) in [6, 6.07) is 20.0. The second-order valence-electron chi connectivity index (χ2n) is 9.30. The smallest absolute Gasteiger partial charge is 0.198 e. The van der Waals surface area contributed by atoms with Crippen molar-refractivity contribution < 1.29 is 18.7 Å². The summed E-state index contributed by atoms with van der Waals surface area (Å²) in [5.41, 5.74) is 4.78. The van der Waals surface area contributed by atoms with Crippen LogP contribution in [0.15, 0.2) is 93.5 Å². The van der Waals surface area contributed by atoms with Gasteiger partial charge in [0.2, 0.25) is 0 Å². The van der Waals surface area contributed by atoms with Crippen LogP contribution in [0.25, 0.3) is 11.0 Å². The van der Waals surface area contributed by atoms with Crippen LogP contribution < -0.4 is 25.5 Å². The maximum absolute atomic E-state index is 13.8. The normalized spacial score (nSPS) is 18.8. The molecule has 0 saturated heterocycles. The molecule has 37 heavy (non-hydrogen) atoms. The quantitative estimate of drug-likeness (QED) is 0.371. The van der Waals surface area contributed by atoms with Crippen LogP contribution in [0, 0.1) is 0 Å². The molecule has 186 valence electrons. The zero-order valence-corrected chi connectivity index (χ0v) is 20.5. The summed E-state index contributed by atoms with van der Waals surface area (Å²) in [7, 11) is 3.20. The summed E-state index contributed by atoms with van der Waals surface area (Å²) in [6.07, 6.45) is 2.39. The number of carbonyl (C=O) groups excluding carboxylic acids is 1. The largest absolute Gasteiger partial charge is 0.493 e. The van der Waals surface area contributed by atoms with Crippen LogP contribution in [0.3, 0.4) is 0 Å². The lowest BCUT2D eigenvalue weighted by atomic mass is 9.78. The molecule has 0 saturated carbocycles. The molecule has 0 amide bonds. The summed E-state index contributed by atoms with van der Waals surface area (Å²) in [5.74, 6) is 1.19. The fraction of sp³-hybridized carbons (Fsp3) is 0.200. The highest BCUT2D eigenvalue weighted by molar-refractivity contribution is 6.01. The van der Waals surface area contributed by atoms with Crippen molar-refractivity contribution in [2.45, 2.75) is 24.8 Å². The van der Waals surface area contributed by atoms with E-state index in [0.717, 1.165) is 22.6 Å².